The van der Waals surface area contributed by atoms with Crippen molar-refractivity contribution in [1.29, 1.82) is 0 Å². The third kappa shape index (κ3) is 4.62. The number of ether oxygens (including phenoxy) is 1. The van der Waals surface area contributed by atoms with Gasteiger partial charge in [0.15, 0.2) is 7.28 Å². The van der Waals surface area contributed by atoms with E-state index in [9.17, 15) is 4.79 Å². The highest BCUT2D eigenvalue weighted by Crippen LogP contribution is 2.34. The monoisotopic (exact) mass is 449 g/mol. The lowest BCUT2D eigenvalue weighted by Crippen LogP contribution is -2.41. The molecular formula is C25H31BFN4O2. The van der Waals surface area contributed by atoms with Crippen molar-refractivity contribution in [2.75, 3.05) is 30.0 Å². The van der Waals surface area contributed by atoms with Crippen LogP contribution in [0.1, 0.15) is 36.6 Å². The summed E-state index contributed by atoms with van der Waals surface area (Å²) in [6, 6.07) is 5.91. The van der Waals surface area contributed by atoms with E-state index in [0.29, 0.717) is 48.8 Å². The van der Waals surface area contributed by atoms with Gasteiger partial charge in [0, 0.05) is 60.6 Å². The maximum Gasteiger partial charge on any atom is 0.253 e. The van der Waals surface area contributed by atoms with Crippen LogP contribution in [0, 0.1) is 19.7 Å². The quantitative estimate of drug-likeness (QED) is 0.539. The average Bonchev–Trinajstić information content (AvgIpc) is 2.80. The fourth-order valence-electron chi connectivity index (χ4n) is 4.80. The van der Waals surface area contributed by atoms with Crippen LogP contribution in [-0.2, 0) is 11.3 Å². The number of rotatable bonds is 7. The largest absolute Gasteiger partial charge is 0.381 e. The molecule has 1 radical (unpaired) electrons. The van der Waals surface area contributed by atoms with Crippen molar-refractivity contribution >= 4 is 35.0 Å². The number of aryl methyl sites for hydroxylation is 2. The van der Waals surface area contributed by atoms with Gasteiger partial charge in [0.1, 0.15) is 11.6 Å². The molecule has 0 spiro atoms. The first-order valence-corrected chi connectivity index (χ1v) is 11.6. The van der Waals surface area contributed by atoms with E-state index >= 15 is 4.39 Å². The van der Waals surface area contributed by atoms with E-state index in [0.717, 1.165) is 34.9 Å². The highest BCUT2D eigenvalue weighted by molar-refractivity contribution is 6.52. The third-order valence-corrected chi connectivity index (χ3v) is 6.50. The molecule has 0 amide bonds. The number of aromatic amines is 1. The van der Waals surface area contributed by atoms with E-state index in [4.69, 9.17) is 4.74 Å². The number of hydrogen-bond donors (Lipinski definition) is 2. The molecule has 4 rings (SSSR count). The Labute approximate surface area is 194 Å². The first kappa shape index (κ1) is 23.3. The number of aromatic nitrogens is 2. The number of nitrogens with zero attached hydrogens (tertiary/aromatic N) is 2. The summed E-state index contributed by atoms with van der Waals surface area (Å²) in [4.78, 5) is 22.0. The molecule has 3 heterocycles. The van der Waals surface area contributed by atoms with Crippen molar-refractivity contribution in [1.82, 2.24) is 9.97 Å². The minimum absolute atomic E-state index is 0.105. The van der Waals surface area contributed by atoms with E-state index in [1.54, 1.807) is 13.5 Å². The lowest BCUT2D eigenvalue weighted by Gasteiger charge is -2.36. The molecule has 1 aliphatic rings. The molecule has 2 N–H and O–H groups in total. The molecule has 0 unspecified atom stereocenters. The summed E-state index contributed by atoms with van der Waals surface area (Å²) < 4.78 is 21.3. The van der Waals surface area contributed by atoms with E-state index in [-0.39, 0.29) is 17.4 Å². The number of nitrogens with one attached hydrogen (secondary N) is 2. The highest BCUT2D eigenvalue weighted by Gasteiger charge is 2.26. The van der Waals surface area contributed by atoms with Crippen LogP contribution >= 0.6 is 0 Å². The summed E-state index contributed by atoms with van der Waals surface area (Å²) >= 11 is 0. The topological polar surface area (TPSA) is 70.2 Å². The number of benzene rings is 1. The minimum atomic E-state index is -0.207. The summed E-state index contributed by atoms with van der Waals surface area (Å²) in [5.74, 6) is 0.431. The zero-order chi connectivity index (χ0) is 23.5. The van der Waals surface area contributed by atoms with Gasteiger partial charge in [0.05, 0.1) is 5.69 Å². The van der Waals surface area contributed by atoms with Gasteiger partial charge < -0.3 is 19.9 Å². The molecule has 0 bridgehead atoms. The molecule has 173 valence electrons. The van der Waals surface area contributed by atoms with Gasteiger partial charge in [-0.25, -0.2) is 9.37 Å². The SMILES string of the molecule is C[B]c1cc2c(NCc3c(C)cc(C)[nH]c3=O)nccc2c(N(CC)C2CCOCC2)c1F. The molecule has 6 nitrogen and oxygen atoms in total. The summed E-state index contributed by atoms with van der Waals surface area (Å²) in [6.45, 7) is 10.1. The molecule has 0 atom stereocenters. The fourth-order valence-corrected chi connectivity index (χ4v) is 4.80. The number of H-pyrrole nitrogens is 1. The summed E-state index contributed by atoms with van der Waals surface area (Å²) in [6.07, 6.45) is 3.45. The molecule has 8 heteroatoms. The number of fused-ring (bicyclic) bond motifs is 1. The molecule has 0 aliphatic carbocycles. The van der Waals surface area contributed by atoms with Crippen molar-refractivity contribution < 1.29 is 9.13 Å². The van der Waals surface area contributed by atoms with Crippen LogP contribution < -0.4 is 21.2 Å². The summed E-state index contributed by atoms with van der Waals surface area (Å²) in [5, 5.41) is 4.99. The lowest BCUT2D eigenvalue weighted by atomic mass is 9.72. The molecule has 33 heavy (non-hydrogen) atoms. The van der Waals surface area contributed by atoms with Crippen LogP contribution in [0.2, 0.25) is 6.82 Å². The number of halogens is 1. The Hall–Kier alpha value is -2.87. The summed E-state index contributed by atoms with van der Waals surface area (Å²) in [7, 11) is 1.79. The van der Waals surface area contributed by atoms with Crippen LogP contribution in [0.5, 0.6) is 0 Å². The second-order valence-electron chi connectivity index (χ2n) is 8.60. The molecule has 0 saturated carbocycles. The summed E-state index contributed by atoms with van der Waals surface area (Å²) in [5.41, 5.74) is 3.48. The second kappa shape index (κ2) is 9.95. The molecule has 1 aliphatic heterocycles. The van der Waals surface area contributed by atoms with Crippen molar-refractivity contribution in [3.63, 3.8) is 0 Å². The van der Waals surface area contributed by atoms with Gasteiger partial charge in [-0.2, -0.15) is 0 Å². The molecule has 2 aromatic heterocycles. The van der Waals surface area contributed by atoms with Gasteiger partial charge in [0.2, 0.25) is 0 Å². The van der Waals surface area contributed by atoms with Crippen molar-refractivity contribution in [2.45, 2.75) is 53.0 Å². The van der Waals surface area contributed by atoms with Crippen LogP contribution in [0.15, 0.2) is 29.2 Å². The lowest BCUT2D eigenvalue weighted by molar-refractivity contribution is 0.0845. The second-order valence-corrected chi connectivity index (χ2v) is 8.60. The van der Waals surface area contributed by atoms with E-state index in [1.165, 1.54) is 0 Å². The van der Waals surface area contributed by atoms with Crippen LogP contribution in [-0.4, -0.2) is 43.0 Å². The molecule has 1 saturated heterocycles. The maximum absolute atomic E-state index is 15.7. The normalized spacial score (nSPS) is 14.5. The molecular weight excluding hydrogens is 418 g/mol. The zero-order valence-corrected chi connectivity index (χ0v) is 19.8. The fraction of sp³-hybridized carbons (Fsp3) is 0.440. The van der Waals surface area contributed by atoms with Crippen molar-refractivity contribution in [3.05, 3.63) is 57.4 Å². The first-order valence-electron chi connectivity index (χ1n) is 11.6. The predicted octanol–water partition coefficient (Wildman–Crippen LogP) is 3.67. The van der Waals surface area contributed by atoms with Crippen LogP contribution in [0.4, 0.5) is 15.9 Å². The van der Waals surface area contributed by atoms with E-state index < -0.39 is 0 Å². The Morgan fingerprint density at radius 1 is 1.27 bits per heavy atom. The van der Waals surface area contributed by atoms with E-state index in [1.807, 2.05) is 38.9 Å². The van der Waals surface area contributed by atoms with Crippen LogP contribution in [0.25, 0.3) is 10.8 Å². The predicted molar refractivity (Wildman–Crippen MR) is 134 cm³/mol. The standard InChI is InChI=1S/C25H31BFN4O2/c1-5-31(17-7-10-33-11-8-17)23-18-6-9-28-24(19(18)13-21(26-4)22(23)27)29-14-20-15(2)12-16(3)30-25(20)32/h6,9,12-13,17H,5,7-8,10-11,14H2,1-4H3,(H,28,29)(H,30,32). The van der Waals surface area contributed by atoms with Gasteiger partial charge in [-0.1, -0.05) is 18.4 Å². The Kier molecular flexibility index (Phi) is 7.03. The van der Waals surface area contributed by atoms with Crippen molar-refractivity contribution in [3.8, 4) is 0 Å². The van der Waals surface area contributed by atoms with Gasteiger partial charge >= 0.3 is 0 Å². The van der Waals surface area contributed by atoms with E-state index in [2.05, 4.69) is 27.1 Å². The zero-order valence-electron chi connectivity index (χ0n) is 19.8. The number of hydrogen-bond acceptors (Lipinski definition) is 5. The maximum atomic E-state index is 15.7. The Morgan fingerprint density at radius 2 is 2.03 bits per heavy atom. The molecule has 3 aromatic rings. The number of anilines is 2. The van der Waals surface area contributed by atoms with Gasteiger partial charge in [0.25, 0.3) is 5.56 Å². The smallest absolute Gasteiger partial charge is 0.253 e. The van der Waals surface area contributed by atoms with Crippen LogP contribution in [0.3, 0.4) is 0 Å². The molecule has 1 aromatic carbocycles. The Bertz CT molecular complexity index is 1210. The van der Waals surface area contributed by atoms with Gasteiger partial charge in [-0.05, 0) is 51.3 Å². The van der Waals surface area contributed by atoms with Crippen molar-refractivity contribution in [2.24, 2.45) is 0 Å². The molecule has 1 fully saturated rings. The Morgan fingerprint density at radius 3 is 2.70 bits per heavy atom. The first-order chi connectivity index (χ1) is 15.9. The minimum Gasteiger partial charge on any atom is -0.381 e. The van der Waals surface area contributed by atoms with Gasteiger partial charge in [-0.3, -0.25) is 4.79 Å². The average molecular weight is 449 g/mol. The number of pyridine rings is 2. The van der Waals surface area contributed by atoms with Gasteiger partial charge in [-0.15, -0.1) is 0 Å². The third-order valence-electron chi connectivity index (χ3n) is 6.50. The highest BCUT2D eigenvalue weighted by atomic mass is 19.1. The Balaban J connectivity index is 1.78.